The molecule has 196 valence electrons. The summed E-state index contributed by atoms with van der Waals surface area (Å²) in [5.41, 5.74) is 1.75. The SMILES string of the molecule is Cc1ccc(Cl)cc1N(CC(=O)N(Cc1ccc(Cl)cc1)[C@@H](C)C(=O)NC1CCCCC1)S(C)(=O)=O. The van der Waals surface area contributed by atoms with Gasteiger partial charge in [-0.1, -0.05) is 60.7 Å². The highest BCUT2D eigenvalue weighted by Crippen LogP contribution is 2.27. The van der Waals surface area contributed by atoms with Crippen LogP contribution in [0.25, 0.3) is 0 Å². The Balaban J connectivity index is 1.89. The zero-order valence-electron chi connectivity index (χ0n) is 20.8. The van der Waals surface area contributed by atoms with Crippen LogP contribution in [-0.4, -0.2) is 50.0 Å². The van der Waals surface area contributed by atoms with Crippen molar-refractivity contribution in [3.05, 3.63) is 63.6 Å². The monoisotopic (exact) mass is 553 g/mol. The lowest BCUT2D eigenvalue weighted by Crippen LogP contribution is -2.53. The molecule has 0 heterocycles. The Labute approximate surface area is 223 Å². The van der Waals surface area contributed by atoms with Crippen LogP contribution in [0.15, 0.2) is 42.5 Å². The van der Waals surface area contributed by atoms with Gasteiger partial charge in [0.2, 0.25) is 21.8 Å². The van der Waals surface area contributed by atoms with Gasteiger partial charge in [-0.2, -0.15) is 0 Å². The van der Waals surface area contributed by atoms with E-state index in [9.17, 15) is 18.0 Å². The lowest BCUT2D eigenvalue weighted by molar-refractivity contribution is -0.139. The van der Waals surface area contributed by atoms with E-state index in [-0.39, 0.29) is 18.5 Å². The summed E-state index contributed by atoms with van der Waals surface area (Å²) in [5, 5.41) is 3.99. The topological polar surface area (TPSA) is 86.8 Å². The van der Waals surface area contributed by atoms with Gasteiger partial charge in [0, 0.05) is 22.6 Å². The van der Waals surface area contributed by atoms with E-state index in [0.29, 0.717) is 21.3 Å². The number of hydrogen-bond acceptors (Lipinski definition) is 4. The molecule has 1 fully saturated rings. The predicted octanol–water partition coefficient (Wildman–Crippen LogP) is 4.93. The van der Waals surface area contributed by atoms with E-state index in [0.717, 1.165) is 48.2 Å². The van der Waals surface area contributed by atoms with Crippen LogP contribution in [0.5, 0.6) is 0 Å². The molecule has 1 atom stereocenters. The average molecular weight is 555 g/mol. The van der Waals surface area contributed by atoms with Crippen LogP contribution in [0, 0.1) is 6.92 Å². The molecule has 0 unspecified atom stereocenters. The summed E-state index contributed by atoms with van der Waals surface area (Å²) in [6.07, 6.45) is 6.17. The molecule has 0 aliphatic heterocycles. The fourth-order valence-electron chi connectivity index (χ4n) is 4.38. The van der Waals surface area contributed by atoms with Crippen LogP contribution >= 0.6 is 23.2 Å². The number of aryl methyl sites for hydroxylation is 1. The lowest BCUT2D eigenvalue weighted by atomic mass is 9.95. The second-order valence-electron chi connectivity index (χ2n) is 9.37. The highest BCUT2D eigenvalue weighted by molar-refractivity contribution is 7.92. The van der Waals surface area contributed by atoms with Gasteiger partial charge in [-0.25, -0.2) is 8.42 Å². The minimum absolute atomic E-state index is 0.0859. The fraction of sp³-hybridized carbons (Fsp3) is 0.462. The van der Waals surface area contributed by atoms with E-state index in [1.165, 1.54) is 11.0 Å². The maximum absolute atomic E-state index is 13.7. The third-order valence-corrected chi connectivity index (χ3v) is 8.12. The van der Waals surface area contributed by atoms with Crippen LogP contribution in [0.2, 0.25) is 10.0 Å². The van der Waals surface area contributed by atoms with E-state index in [4.69, 9.17) is 23.2 Å². The maximum atomic E-state index is 13.7. The fourth-order valence-corrected chi connectivity index (χ4v) is 5.58. The van der Waals surface area contributed by atoms with Crippen molar-refractivity contribution in [2.45, 2.75) is 64.6 Å². The number of hydrogen-bond donors (Lipinski definition) is 1. The van der Waals surface area contributed by atoms with Crippen molar-refractivity contribution < 1.29 is 18.0 Å². The van der Waals surface area contributed by atoms with Gasteiger partial charge in [-0.05, 0) is 62.1 Å². The van der Waals surface area contributed by atoms with Crippen LogP contribution in [0.4, 0.5) is 5.69 Å². The first-order valence-corrected chi connectivity index (χ1v) is 14.6. The summed E-state index contributed by atoms with van der Waals surface area (Å²) >= 11 is 12.2. The molecule has 0 bridgehead atoms. The summed E-state index contributed by atoms with van der Waals surface area (Å²) in [6, 6.07) is 11.1. The Morgan fingerprint density at radius 3 is 2.25 bits per heavy atom. The van der Waals surface area contributed by atoms with Gasteiger partial charge in [0.05, 0.1) is 11.9 Å². The Morgan fingerprint density at radius 1 is 1.03 bits per heavy atom. The molecule has 0 saturated heterocycles. The largest absolute Gasteiger partial charge is 0.352 e. The Bertz CT molecular complexity index is 1180. The van der Waals surface area contributed by atoms with E-state index >= 15 is 0 Å². The molecular formula is C26H33Cl2N3O4S. The Morgan fingerprint density at radius 2 is 1.64 bits per heavy atom. The number of benzene rings is 2. The first-order valence-electron chi connectivity index (χ1n) is 12.0. The van der Waals surface area contributed by atoms with Gasteiger partial charge in [0.25, 0.3) is 0 Å². The molecule has 0 spiro atoms. The van der Waals surface area contributed by atoms with E-state index < -0.39 is 28.5 Å². The lowest BCUT2D eigenvalue weighted by Gasteiger charge is -2.33. The van der Waals surface area contributed by atoms with Crippen molar-refractivity contribution in [3.8, 4) is 0 Å². The van der Waals surface area contributed by atoms with Crippen molar-refractivity contribution in [1.82, 2.24) is 10.2 Å². The molecule has 1 aliphatic carbocycles. The Hall–Kier alpha value is -2.29. The van der Waals surface area contributed by atoms with Crippen LogP contribution < -0.4 is 9.62 Å². The molecule has 2 amide bonds. The quantitative estimate of drug-likeness (QED) is 0.476. The molecule has 0 aromatic heterocycles. The Kier molecular flexibility index (Phi) is 9.66. The number of rotatable bonds is 9. The molecular weight excluding hydrogens is 521 g/mol. The third kappa shape index (κ3) is 7.60. The van der Waals surface area contributed by atoms with Crippen molar-refractivity contribution in [2.24, 2.45) is 0 Å². The molecule has 7 nitrogen and oxygen atoms in total. The zero-order valence-corrected chi connectivity index (χ0v) is 23.2. The van der Waals surface area contributed by atoms with Gasteiger partial charge in [0.1, 0.15) is 12.6 Å². The van der Waals surface area contributed by atoms with Crippen LogP contribution in [0.1, 0.15) is 50.2 Å². The maximum Gasteiger partial charge on any atom is 0.244 e. The second-order valence-corrected chi connectivity index (χ2v) is 12.1. The number of anilines is 1. The summed E-state index contributed by atoms with van der Waals surface area (Å²) in [5.74, 6) is -0.755. The molecule has 3 rings (SSSR count). The molecule has 2 aromatic carbocycles. The summed E-state index contributed by atoms with van der Waals surface area (Å²) in [4.78, 5) is 28.3. The smallest absolute Gasteiger partial charge is 0.244 e. The number of carbonyl (C=O) groups excluding carboxylic acids is 2. The summed E-state index contributed by atoms with van der Waals surface area (Å²) in [7, 11) is -3.82. The molecule has 1 N–H and O–H groups in total. The van der Waals surface area contributed by atoms with Crippen molar-refractivity contribution in [3.63, 3.8) is 0 Å². The van der Waals surface area contributed by atoms with Crippen molar-refractivity contribution in [1.29, 1.82) is 0 Å². The van der Waals surface area contributed by atoms with E-state index in [2.05, 4.69) is 5.32 Å². The highest BCUT2D eigenvalue weighted by atomic mass is 35.5. The zero-order chi connectivity index (χ0) is 26.5. The minimum Gasteiger partial charge on any atom is -0.352 e. The predicted molar refractivity (Wildman–Crippen MR) is 145 cm³/mol. The number of halogens is 2. The van der Waals surface area contributed by atoms with E-state index in [1.54, 1.807) is 50.2 Å². The molecule has 0 radical (unpaired) electrons. The normalized spacial score (nSPS) is 15.2. The average Bonchev–Trinajstić information content (AvgIpc) is 2.83. The van der Waals surface area contributed by atoms with Gasteiger partial charge < -0.3 is 10.2 Å². The second kappa shape index (κ2) is 12.3. The third-order valence-electron chi connectivity index (χ3n) is 6.50. The first-order chi connectivity index (χ1) is 17.0. The molecule has 1 aliphatic rings. The van der Waals surface area contributed by atoms with Crippen LogP contribution in [-0.2, 0) is 26.2 Å². The number of sulfonamides is 1. The molecule has 2 aromatic rings. The molecule has 10 heteroatoms. The van der Waals surface area contributed by atoms with Gasteiger partial charge in [0.15, 0.2) is 0 Å². The summed E-state index contributed by atoms with van der Waals surface area (Å²) < 4.78 is 26.5. The minimum atomic E-state index is -3.82. The van der Waals surface area contributed by atoms with Crippen LogP contribution in [0.3, 0.4) is 0 Å². The van der Waals surface area contributed by atoms with Crippen molar-refractivity contribution in [2.75, 3.05) is 17.1 Å². The molecule has 1 saturated carbocycles. The number of carbonyl (C=O) groups is 2. The van der Waals surface area contributed by atoms with E-state index in [1.807, 2.05) is 0 Å². The number of nitrogens with one attached hydrogen (secondary N) is 1. The molecule has 36 heavy (non-hydrogen) atoms. The number of nitrogens with zero attached hydrogens (tertiary/aromatic N) is 2. The summed E-state index contributed by atoms with van der Waals surface area (Å²) in [6.45, 7) is 3.08. The van der Waals surface area contributed by atoms with Gasteiger partial charge in [-0.15, -0.1) is 0 Å². The highest BCUT2D eigenvalue weighted by Gasteiger charge is 2.31. The standard InChI is InChI=1S/C26H33Cl2N3O4S/c1-18-9-12-22(28)15-24(18)31(36(3,34)35)17-25(32)30(16-20-10-13-21(27)14-11-20)19(2)26(33)29-23-7-5-4-6-8-23/h9-15,19,23H,4-8,16-17H2,1-3H3,(H,29,33)/t19-/m0/s1. The van der Waals surface area contributed by atoms with Crippen molar-refractivity contribution >= 4 is 50.7 Å². The first kappa shape index (κ1) is 28.3. The number of amides is 2. The van der Waals surface area contributed by atoms with Gasteiger partial charge in [-0.3, -0.25) is 13.9 Å². The van der Waals surface area contributed by atoms with Gasteiger partial charge >= 0.3 is 0 Å².